The topological polar surface area (TPSA) is 63.0 Å². The molecule has 0 radical (unpaired) electrons. The number of rotatable bonds is 4. The lowest BCUT2D eigenvalue weighted by Gasteiger charge is -2.27. The Morgan fingerprint density at radius 1 is 1.00 bits per heavy atom. The molecule has 0 amide bonds. The zero-order chi connectivity index (χ0) is 21.8. The van der Waals surface area contributed by atoms with E-state index < -0.39 is 24.7 Å². The lowest BCUT2D eigenvalue weighted by molar-refractivity contribution is -0.137. The van der Waals surface area contributed by atoms with Crippen LogP contribution in [0.4, 0.5) is 33.6 Å². The number of anilines is 2. The van der Waals surface area contributed by atoms with Crippen LogP contribution in [0.3, 0.4) is 0 Å². The number of alkyl halides is 5. The number of hydrogen-bond donors (Lipinski definition) is 0. The summed E-state index contributed by atoms with van der Waals surface area (Å²) in [6.07, 6.45) is -1.38. The van der Waals surface area contributed by atoms with Crippen LogP contribution < -0.4 is 9.80 Å². The first kappa shape index (κ1) is 19.9. The molecule has 5 rings (SSSR count). The molecule has 31 heavy (non-hydrogen) atoms. The number of pyridine rings is 1. The molecule has 2 saturated heterocycles. The molecule has 2 aliphatic heterocycles. The second kappa shape index (κ2) is 7.27. The molecule has 0 bridgehead atoms. The van der Waals surface area contributed by atoms with E-state index in [1.807, 2.05) is 9.80 Å². The summed E-state index contributed by atoms with van der Waals surface area (Å²) in [7, 11) is 0. The van der Waals surface area contributed by atoms with Gasteiger partial charge in [-0.2, -0.15) is 18.3 Å². The van der Waals surface area contributed by atoms with Gasteiger partial charge in [0.2, 0.25) is 0 Å². The van der Waals surface area contributed by atoms with Gasteiger partial charge in [-0.25, -0.2) is 28.4 Å². The molecular weight excluding hydrogens is 421 g/mol. The first-order valence-electron chi connectivity index (χ1n) is 9.84. The quantitative estimate of drug-likeness (QED) is 0.581. The van der Waals surface area contributed by atoms with Gasteiger partial charge >= 0.3 is 6.18 Å². The van der Waals surface area contributed by atoms with Crippen LogP contribution in [-0.2, 0) is 12.7 Å². The lowest BCUT2D eigenvalue weighted by atomic mass is 10.1. The molecule has 2 atom stereocenters. The molecule has 164 valence electrons. The van der Waals surface area contributed by atoms with Crippen LogP contribution in [0.5, 0.6) is 0 Å². The Morgan fingerprint density at radius 3 is 2.39 bits per heavy atom. The third-order valence-electron chi connectivity index (χ3n) is 5.88. The van der Waals surface area contributed by atoms with Crippen molar-refractivity contribution in [3.63, 3.8) is 0 Å². The molecule has 0 aliphatic carbocycles. The van der Waals surface area contributed by atoms with Gasteiger partial charge in [-0.05, 0) is 25.0 Å². The number of aromatic nitrogens is 5. The van der Waals surface area contributed by atoms with Crippen molar-refractivity contribution in [2.24, 2.45) is 0 Å². The van der Waals surface area contributed by atoms with Crippen LogP contribution in [0.25, 0.3) is 11.2 Å². The Bertz CT molecular complexity index is 1100. The zero-order valence-electron chi connectivity index (χ0n) is 16.2. The zero-order valence-corrected chi connectivity index (χ0v) is 16.2. The third-order valence-corrected chi connectivity index (χ3v) is 5.88. The summed E-state index contributed by atoms with van der Waals surface area (Å²) in [5.74, 6) is 0.857. The molecule has 2 aliphatic rings. The van der Waals surface area contributed by atoms with E-state index >= 15 is 0 Å². The number of halogens is 5. The molecule has 3 aromatic heterocycles. The van der Waals surface area contributed by atoms with Crippen molar-refractivity contribution in [1.29, 1.82) is 0 Å². The van der Waals surface area contributed by atoms with E-state index in [9.17, 15) is 22.0 Å². The van der Waals surface area contributed by atoms with E-state index in [0.717, 1.165) is 29.7 Å². The van der Waals surface area contributed by atoms with Crippen molar-refractivity contribution in [2.45, 2.75) is 44.1 Å². The van der Waals surface area contributed by atoms with Crippen LogP contribution in [0.2, 0.25) is 0 Å². The fraction of sp³-hybridized carbons (Fsp3) is 0.474. The minimum atomic E-state index is -4.43. The van der Waals surface area contributed by atoms with Gasteiger partial charge in [0.1, 0.15) is 23.7 Å². The molecule has 0 saturated carbocycles. The van der Waals surface area contributed by atoms with Gasteiger partial charge in [-0.3, -0.25) is 0 Å². The third kappa shape index (κ3) is 3.53. The Labute approximate surface area is 173 Å². The average molecular weight is 439 g/mol. The normalized spacial score (nSPS) is 21.5. The van der Waals surface area contributed by atoms with Gasteiger partial charge in [-0.1, -0.05) is 0 Å². The van der Waals surface area contributed by atoms with Crippen molar-refractivity contribution in [2.75, 3.05) is 22.9 Å². The summed E-state index contributed by atoms with van der Waals surface area (Å²) < 4.78 is 66.0. The largest absolute Gasteiger partial charge is 0.416 e. The minimum absolute atomic E-state index is 0.0144. The second-order valence-electron chi connectivity index (χ2n) is 7.65. The number of hydrogen-bond acceptors (Lipinski definition) is 6. The Kier molecular flexibility index (Phi) is 4.67. The number of fused-ring (bicyclic) bond motifs is 2. The van der Waals surface area contributed by atoms with E-state index in [-0.39, 0.29) is 17.7 Å². The maximum Gasteiger partial charge on any atom is 0.416 e. The predicted octanol–water partition coefficient (Wildman–Crippen LogP) is 3.36. The van der Waals surface area contributed by atoms with Crippen LogP contribution in [0.1, 0.15) is 18.4 Å². The van der Waals surface area contributed by atoms with Crippen LogP contribution >= 0.6 is 0 Å². The van der Waals surface area contributed by atoms with E-state index in [2.05, 4.69) is 20.1 Å². The molecule has 5 heterocycles. The van der Waals surface area contributed by atoms with Crippen LogP contribution in [0, 0.1) is 0 Å². The molecule has 12 heteroatoms. The molecule has 0 aromatic carbocycles. The van der Waals surface area contributed by atoms with Gasteiger partial charge in [0.25, 0.3) is 6.43 Å². The van der Waals surface area contributed by atoms with Crippen molar-refractivity contribution in [1.82, 2.24) is 24.7 Å². The van der Waals surface area contributed by atoms with Crippen molar-refractivity contribution in [3.8, 4) is 0 Å². The van der Waals surface area contributed by atoms with Crippen molar-refractivity contribution in [3.05, 3.63) is 36.3 Å². The Morgan fingerprint density at radius 2 is 1.71 bits per heavy atom. The summed E-state index contributed by atoms with van der Waals surface area (Å²) in [5.41, 5.74) is -0.00331. The molecule has 2 unspecified atom stereocenters. The standard InChI is InChI=1S/C19H18F5N7/c20-15(21)10-31-18-12(8-27-31)26-9-17(28-18)30-6-3-13-14(30)2-5-29(13)16-7-11(1-4-25-16)19(22,23)24/h1,4,7-9,13-15H,2-3,5-6,10H2. The lowest BCUT2D eigenvalue weighted by Crippen LogP contribution is -2.37. The summed E-state index contributed by atoms with van der Waals surface area (Å²) in [6, 6.07) is 2.06. The summed E-state index contributed by atoms with van der Waals surface area (Å²) in [6.45, 7) is 0.635. The van der Waals surface area contributed by atoms with Gasteiger partial charge in [0.05, 0.1) is 30.0 Å². The van der Waals surface area contributed by atoms with Gasteiger partial charge in [0, 0.05) is 19.3 Å². The fourth-order valence-corrected chi connectivity index (χ4v) is 4.55. The molecule has 0 N–H and O–H groups in total. The number of nitrogens with zero attached hydrogens (tertiary/aromatic N) is 7. The van der Waals surface area contributed by atoms with Crippen LogP contribution in [0.15, 0.2) is 30.7 Å². The molecule has 3 aromatic rings. The highest BCUT2D eigenvalue weighted by Crippen LogP contribution is 2.38. The monoisotopic (exact) mass is 439 g/mol. The van der Waals surface area contributed by atoms with E-state index in [1.165, 1.54) is 12.4 Å². The summed E-state index contributed by atoms with van der Waals surface area (Å²) in [5, 5.41) is 3.93. The van der Waals surface area contributed by atoms with E-state index in [4.69, 9.17) is 0 Å². The highest BCUT2D eigenvalue weighted by Gasteiger charge is 2.44. The maximum absolute atomic E-state index is 13.1. The van der Waals surface area contributed by atoms with E-state index in [0.29, 0.717) is 30.2 Å². The van der Waals surface area contributed by atoms with Gasteiger partial charge in [-0.15, -0.1) is 0 Å². The van der Waals surface area contributed by atoms with Crippen molar-refractivity contribution < 1.29 is 22.0 Å². The second-order valence-corrected chi connectivity index (χ2v) is 7.65. The SMILES string of the molecule is FC(F)Cn1ncc2ncc(N3CCC4C3CCN4c3cc(C(F)(F)F)ccn3)nc21. The molecule has 7 nitrogen and oxygen atoms in total. The van der Waals surface area contributed by atoms with E-state index in [1.54, 1.807) is 6.20 Å². The summed E-state index contributed by atoms with van der Waals surface area (Å²) in [4.78, 5) is 16.9. The first-order valence-corrected chi connectivity index (χ1v) is 9.84. The molecular formula is C19H18F5N7. The predicted molar refractivity (Wildman–Crippen MR) is 102 cm³/mol. The highest BCUT2D eigenvalue weighted by atomic mass is 19.4. The molecule has 2 fully saturated rings. The minimum Gasteiger partial charge on any atom is -0.351 e. The Balaban J connectivity index is 1.40. The van der Waals surface area contributed by atoms with Crippen LogP contribution in [-0.4, -0.2) is 56.3 Å². The smallest absolute Gasteiger partial charge is 0.351 e. The maximum atomic E-state index is 13.1. The Hall–Kier alpha value is -3.05. The average Bonchev–Trinajstić information content (AvgIpc) is 3.42. The fourth-order valence-electron chi connectivity index (χ4n) is 4.55. The first-order chi connectivity index (χ1) is 14.8. The van der Waals surface area contributed by atoms with Gasteiger partial charge in [0.15, 0.2) is 5.65 Å². The van der Waals surface area contributed by atoms with Gasteiger partial charge < -0.3 is 9.80 Å². The highest BCUT2D eigenvalue weighted by molar-refractivity contribution is 5.71. The molecule has 0 spiro atoms. The summed E-state index contributed by atoms with van der Waals surface area (Å²) >= 11 is 0. The van der Waals surface area contributed by atoms with Crippen molar-refractivity contribution >= 4 is 22.8 Å².